The molecule has 0 aliphatic carbocycles. The summed E-state index contributed by atoms with van der Waals surface area (Å²) in [7, 11) is 0. The van der Waals surface area contributed by atoms with Gasteiger partial charge in [0.15, 0.2) is 0 Å². The van der Waals surface area contributed by atoms with E-state index in [4.69, 9.17) is 23.2 Å². The highest BCUT2D eigenvalue weighted by molar-refractivity contribution is 6.42. The second kappa shape index (κ2) is 6.47. The smallest absolute Gasteiger partial charge is 0.0595 e. The van der Waals surface area contributed by atoms with Crippen LogP contribution in [0.4, 0.5) is 0 Å². The highest BCUT2D eigenvalue weighted by Crippen LogP contribution is 2.25. The normalized spacial score (nSPS) is 12.6. The van der Waals surface area contributed by atoms with Crippen LogP contribution in [0.1, 0.15) is 31.0 Å². The standard InChI is InChI=1S/C15H18Cl2N2/c1-3-19-7-6-12(10-19)9-18-11(2)13-4-5-14(16)15(17)8-13/h4-8,10-11,18H,3,9H2,1-2H3. The van der Waals surface area contributed by atoms with Crippen LogP contribution >= 0.6 is 23.2 Å². The highest BCUT2D eigenvalue weighted by Gasteiger charge is 2.07. The summed E-state index contributed by atoms with van der Waals surface area (Å²) in [6, 6.07) is 8.13. The molecule has 0 spiro atoms. The Hall–Kier alpha value is -0.960. The van der Waals surface area contributed by atoms with Crippen LogP contribution in [0.15, 0.2) is 36.7 Å². The van der Waals surface area contributed by atoms with E-state index in [1.165, 1.54) is 5.56 Å². The fourth-order valence-electron chi connectivity index (χ4n) is 1.96. The summed E-state index contributed by atoms with van der Waals surface area (Å²) in [5, 5.41) is 4.68. The lowest BCUT2D eigenvalue weighted by Crippen LogP contribution is -2.17. The monoisotopic (exact) mass is 296 g/mol. The van der Waals surface area contributed by atoms with Crippen molar-refractivity contribution >= 4 is 23.2 Å². The molecule has 1 heterocycles. The van der Waals surface area contributed by atoms with Crippen LogP contribution in [0.25, 0.3) is 0 Å². The van der Waals surface area contributed by atoms with E-state index in [0.29, 0.717) is 10.0 Å². The van der Waals surface area contributed by atoms with Crippen molar-refractivity contribution in [3.8, 4) is 0 Å². The molecule has 0 bridgehead atoms. The molecule has 0 aliphatic heterocycles. The lowest BCUT2D eigenvalue weighted by Gasteiger charge is -2.14. The molecule has 1 N–H and O–H groups in total. The van der Waals surface area contributed by atoms with Gasteiger partial charge in [-0.1, -0.05) is 29.3 Å². The summed E-state index contributed by atoms with van der Waals surface area (Å²) < 4.78 is 2.17. The quantitative estimate of drug-likeness (QED) is 0.849. The van der Waals surface area contributed by atoms with E-state index in [1.807, 2.05) is 18.2 Å². The largest absolute Gasteiger partial charge is 0.354 e. The van der Waals surface area contributed by atoms with Crippen LogP contribution < -0.4 is 5.32 Å². The molecule has 0 aliphatic rings. The summed E-state index contributed by atoms with van der Waals surface area (Å²) >= 11 is 12.0. The summed E-state index contributed by atoms with van der Waals surface area (Å²) in [6.07, 6.45) is 4.26. The molecule has 0 saturated heterocycles. The van der Waals surface area contributed by atoms with Crippen molar-refractivity contribution in [3.63, 3.8) is 0 Å². The third-order valence-corrected chi connectivity index (χ3v) is 3.97. The predicted octanol–water partition coefficient (Wildman–Crippen LogP) is 4.67. The molecule has 102 valence electrons. The zero-order chi connectivity index (χ0) is 13.8. The number of rotatable bonds is 5. The van der Waals surface area contributed by atoms with Gasteiger partial charge in [-0.15, -0.1) is 0 Å². The number of hydrogen-bond acceptors (Lipinski definition) is 1. The molecule has 2 rings (SSSR count). The number of aryl methyl sites for hydroxylation is 1. The Balaban J connectivity index is 1.96. The first-order chi connectivity index (χ1) is 9.10. The van der Waals surface area contributed by atoms with Gasteiger partial charge in [-0.2, -0.15) is 0 Å². The van der Waals surface area contributed by atoms with Crippen LogP contribution in [0.3, 0.4) is 0 Å². The van der Waals surface area contributed by atoms with E-state index in [2.05, 4.69) is 42.2 Å². The van der Waals surface area contributed by atoms with Gasteiger partial charge in [0.1, 0.15) is 0 Å². The summed E-state index contributed by atoms with van der Waals surface area (Å²) in [4.78, 5) is 0. The third kappa shape index (κ3) is 3.75. The fraction of sp³-hybridized carbons (Fsp3) is 0.333. The van der Waals surface area contributed by atoms with Gasteiger partial charge >= 0.3 is 0 Å². The lowest BCUT2D eigenvalue weighted by molar-refractivity contribution is 0.574. The maximum atomic E-state index is 6.03. The van der Waals surface area contributed by atoms with E-state index in [-0.39, 0.29) is 6.04 Å². The molecule has 4 heteroatoms. The average Bonchev–Trinajstić information content (AvgIpc) is 2.87. The van der Waals surface area contributed by atoms with Crippen molar-refractivity contribution < 1.29 is 0 Å². The first-order valence-electron chi connectivity index (χ1n) is 6.43. The highest BCUT2D eigenvalue weighted by atomic mass is 35.5. The topological polar surface area (TPSA) is 17.0 Å². The zero-order valence-electron chi connectivity index (χ0n) is 11.2. The number of benzene rings is 1. The number of nitrogens with zero attached hydrogens (tertiary/aromatic N) is 1. The third-order valence-electron chi connectivity index (χ3n) is 3.23. The second-order valence-corrected chi connectivity index (χ2v) is 5.44. The number of aromatic nitrogens is 1. The van der Waals surface area contributed by atoms with Crippen LogP contribution in [0.2, 0.25) is 10.0 Å². The van der Waals surface area contributed by atoms with Gasteiger partial charge in [0.25, 0.3) is 0 Å². The summed E-state index contributed by atoms with van der Waals surface area (Å²) in [5.74, 6) is 0. The first kappa shape index (κ1) is 14.4. The Morgan fingerprint density at radius 1 is 1.21 bits per heavy atom. The van der Waals surface area contributed by atoms with Crippen LogP contribution in [-0.4, -0.2) is 4.57 Å². The SMILES string of the molecule is CCn1ccc(CNC(C)c2ccc(Cl)c(Cl)c2)c1. The van der Waals surface area contributed by atoms with Gasteiger partial charge in [-0.3, -0.25) is 0 Å². The van der Waals surface area contributed by atoms with E-state index in [1.54, 1.807) is 0 Å². The molecule has 1 aromatic heterocycles. The second-order valence-electron chi connectivity index (χ2n) is 4.63. The Labute approximate surface area is 124 Å². The van der Waals surface area contributed by atoms with Gasteiger partial charge in [0.05, 0.1) is 10.0 Å². The number of halogens is 2. The minimum absolute atomic E-state index is 0.236. The molecule has 19 heavy (non-hydrogen) atoms. The van der Waals surface area contributed by atoms with E-state index in [9.17, 15) is 0 Å². The fourth-order valence-corrected chi connectivity index (χ4v) is 2.27. The Bertz CT molecular complexity index is 549. The minimum Gasteiger partial charge on any atom is -0.354 e. The van der Waals surface area contributed by atoms with Gasteiger partial charge in [0, 0.05) is 31.5 Å². The first-order valence-corrected chi connectivity index (χ1v) is 7.18. The molecule has 0 radical (unpaired) electrons. The average molecular weight is 297 g/mol. The Morgan fingerprint density at radius 3 is 2.63 bits per heavy atom. The van der Waals surface area contributed by atoms with Gasteiger partial charge in [0.2, 0.25) is 0 Å². The maximum Gasteiger partial charge on any atom is 0.0595 e. The molecule has 1 unspecified atom stereocenters. The molecule has 2 aromatic rings. The summed E-state index contributed by atoms with van der Waals surface area (Å²) in [5.41, 5.74) is 2.43. The van der Waals surface area contributed by atoms with E-state index < -0.39 is 0 Å². The molecule has 0 saturated carbocycles. The number of hydrogen-bond donors (Lipinski definition) is 1. The van der Waals surface area contributed by atoms with E-state index >= 15 is 0 Å². The van der Waals surface area contributed by atoms with E-state index in [0.717, 1.165) is 18.7 Å². The van der Waals surface area contributed by atoms with Crippen molar-refractivity contribution in [2.45, 2.75) is 33.0 Å². The molecule has 0 fully saturated rings. The molecule has 1 aromatic carbocycles. The molecule has 1 atom stereocenters. The van der Waals surface area contributed by atoms with Crippen molar-refractivity contribution in [2.24, 2.45) is 0 Å². The molecular weight excluding hydrogens is 279 g/mol. The van der Waals surface area contributed by atoms with Crippen molar-refractivity contribution in [1.29, 1.82) is 0 Å². The van der Waals surface area contributed by atoms with Crippen molar-refractivity contribution in [3.05, 3.63) is 57.8 Å². The van der Waals surface area contributed by atoms with Crippen molar-refractivity contribution in [1.82, 2.24) is 9.88 Å². The maximum absolute atomic E-state index is 6.03. The minimum atomic E-state index is 0.236. The van der Waals surface area contributed by atoms with Crippen LogP contribution in [0.5, 0.6) is 0 Å². The molecule has 0 amide bonds. The van der Waals surface area contributed by atoms with Crippen LogP contribution in [-0.2, 0) is 13.1 Å². The van der Waals surface area contributed by atoms with Crippen molar-refractivity contribution in [2.75, 3.05) is 0 Å². The van der Waals surface area contributed by atoms with Crippen LogP contribution in [0, 0.1) is 0 Å². The lowest BCUT2D eigenvalue weighted by atomic mass is 10.1. The molecular formula is C15H18Cl2N2. The predicted molar refractivity (Wildman–Crippen MR) is 81.8 cm³/mol. The van der Waals surface area contributed by atoms with Gasteiger partial charge in [-0.05, 0) is 43.2 Å². The van der Waals surface area contributed by atoms with Gasteiger partial charge < -0.3 is 9.88 Å². The van der Waals surface area contributed by atoms with Gasteiger partial charge in [-0.25, -0.2) is 0 Å². The Kier molecular flexibility index (Phi) is 4.92. The number of nitrogens with one attached hydrogen (secondary N) is 1. The summed E-state index contributed by atoms with van der Waals surface area (Å²) in [6.45, 7) is 6.10. The zero-order valence-corrected chi connectivity index (χ0v) is 12.7. The Morgan fingerprint density at radius 2 is 2.00 bits per heavy atom. The molecule has 2 nitrogen and oxygen atoms in total.